The van der Waals surface area contributed by atoms with Gasteiger partial charge in [-0.1, -0.05) is 24.3 Å². The van der Waals surface area contributed by atoms with Gasteiger partial charge in [0.05, 0.1) is 38.1 Å². The molecule has 0 unspecified atom stereocenters. The first kappa shape index (κ1) is 19.8. The van der Waals surface area contributed by atoms with Gasteiger partial charge < -0.3 is 24.3 Å². The van der Waals surface area contributed by atoms with Gasteiger partial charge in [-0.25, -0.2) is 4.98 Å². The summed E-state index contributed by atoms with van der Waals surface area (Å²) in [6, 6.07) is 7.68. The zero-order valence-electron chi connectivity index (χ0n) is 17.9. The van der Waals surface area contributed by atoms with Gasteiger partial charge in [-0.15, -0.1) is 0 Å². The normalized spacial score (nSPS) is 28.3. The number of aromatic amines is 1. The molecule has 3 aliphatic rings. The Morgan fingerprint density at radius 3 is 3.03 bits per heavy atom. The monoisotopic (exact) mass is 422 g/mol. The highest BCUT2D eigenvalue weighted by Crippen LogP contribution is 2.52. The van der Waals surface area contributed by atoms with E-state index in [2.05, 4.69) is 9.97 Å². The van der Waals surface area contributed by atoms with Crippen molar-refractivity contribution in [2.24, 2.45) is 11.8 Å². The number of aryl methyl sites for hydroxylation is 1. The molecular weight excluding hydrogens is 396 g/mol. The molecule has 1 N–H and O–H groups in total. The number of H-pyrrole nitrogens is 1. The minimum Gasteiger partial charge on any atom is -0.497 e. The molecule has 2 fully saturated rings. The number of hydrogen-bond acceptors (Lipinski definition) is 5. The second kappa shape index (κ2) is 7.23. The van der Waals surface area contributed by atoms with Gasteiger partial charge in [-0.3, -0.25) is 9.59 Å². The fraction of sp³-hybridized carbons (Fsp3) is 0.435. The Balaban J connectivity index is 1.35. The number of nitrogens with one attached hydrogen (secondary N) is 1. The van der Waals surface area contributed by atoms with Crippen LogP contribution in [0.15, 0.2) is 42.6 Å². The average Bonchev–Trinajstić information content (AvgIpc) is 3.50. The first-order valence-electron chi connectivity index (χ1n) is 10.4. The van der Waals surface area contributed by atoms with Gasteiger partial charge in [0, 0.05) is 25.5 Å². The summed E-state index contributed by atoms with van der Waals surface area (Å²) in [5, 5.41) is 0. The molecule has 2 bridgehead atoms. The lowest BCUT2D eigenvalue weighted by Gasteiger charge is -2.27. The van der Waals surface area contributed by atoms with Crippen LogP contribution < -0.4 is 4.74 Å². The van der Waals surface area contributed by atoms with Crippen molar-refractivity contribution in [3.8, 4) is 5.75 Å². The highest BCUT2D eigenvalue weighted by Gasteiger charge is 2.67. The predicted molar refractivity (Wildman–Crippen MR) is 112 cm³/mol. The lowest BCUT2D eigenvalue weighted by molar-refractivity contribution is -0.143. The largest absolute Gasteiger partial charge is 0.497 e. The van der Waals surface area contributed by atoms with Gasteiger partial charge in [0.15, 0.2) is 0 Å². The van der Waals surface area contributed by atoms with E-state index in [4.69, 9.17) is 9.47 Å². The predicted octanol–water partition coefficient (Wildman–Crippen LogP) is 1.67. The molecular formula is C23H26N4O4. The number of imidazole rings is 1. The van der Waals surface area contributed by atoms with Gasteiger partial charge >= 0.3 is 0 Å². The van der Waals surface area contributed by atoms with Crippen molar-refractivity contribution in [1.82, 2.24) is 19.8 Å². The fourth-order valence-corrected chi connectivity index (χ4v) is 5.09. The number of hydrogen-bond donors (Lipinski definition) is 1. The molecule has 2 aromatic rings. The summed E-state index contributed by atoms with van der Waals surface area (Å²) in [4.78, 5) is 37.6. The summed E-state index contributed by atoms with van der Waals surface area (Å²) in [6.07, 6.45) is 5.29. The van der Waals surface area contributed by atoms with E-state index < -0.39 is 17.4 Å². The van der Waals surface area contributed by atoms with Crippen molar-refractivity contribution >= 4 is 11.8 Å². The number of benzene rings is 1. The molecule has 1 spiro atoms. The quantitative estimate of drug-likeness (QED) is 0.716. The first-order chi connectivity index (χ1) is 14.9. The minimum atomic E-state index is -0.719. The highest BCUT2D eigenvalue weighted by atomic mass is 16.5. The van der Waals surface area contributed by atoms with Crippen molar-refractivity contribution in [3.05, 3.63) is 59.7 Å². The number of amides is 2. The Morgan fingerprint density at radius 2 is 2.29 bits per heavy atom. The topological polar surface area (TPSA) is 87.8 Å². The van der Waals surface area contributed by atoms with Gasteiger partial charge in [0.2, 0.25) is 11.8 Å². The van der Waals surface area contributed by atoms with Gasteiger partial charge in [-0.2, -0.15) is 0 Å². The molecule has 2 saturated heterocycles. The summed E-state index contributed by atoms with van der Waals surface area (Å²) in [5.41, 5.74) is 1.21. The Morgan fingerprint density at radius 1 is 1.45 bits per heavy atom. The Hall–Kier alpha value is -3.13. The SMILES string of the molecule is COc1cccc(CN2C[C@]34C=C[C@H](O3)[C@H](C(=O)N(C)Cc3ncc(C)[nH]3)[C@H]4C2=O)c1. The summed E-state index contributed by atoms with van der Waals surface area (Å²) in [6.45, 7) is 3.19. The number of carbonyl (C=O) groups excluding carboxylic acids is 2. The maximum atomic E-state index is 13.4. The number of ether oxygens (including phenoxy) is 2. The van der Waals surface area contributed by atoms with E-state index in [1.807, 2.05) is 43.3 Å². The fourth-order valence-electron chi connectivity index (χ4n) is 5.09. The maximum Gasteiger partial charge on any atom is 0.230 e. The van der Waals surface area contributed by atoms with Crippen LogP contribution in [0.25, 0.3) is 0 Å². The molecule has 162 valence electrons. The van der Waals surface area contributed by atoms with Gasteiger partial charge in [0.25, 0.3) is 0 Å². The van der Waals surface area contributed by atoms with Crippen LogP contribution in [0.2, 0.25) is 0 Å². The zero-order valence-corrected chi connectivity index (χ0v) is 17.9. The third-order valence-corrected chi connectivity index (χ3v) is 6.49. The third-order valence-electron chi connectivity index (χ3n) is 6.49. The van der Waals surface area contributed by atoms with Crippen LogP contribution in [0, 0.1) is 18.8 Å². The van der Waals surface area contributed by atoms with Crippen LogP contribution >= 0.6 is 0 Å². The van der Waals surface area contributed by atoms with Crippen LogP contribution in [0.1, 0.15) is 17.1 Å². The van der Waals surface area contributed by atoms with Crippen molar-refractivity contribution in [3.63, 3.8) is 0 Å². The number of likely N-dealkylation sites (tertiary alicyclic amines) is 1. The lowest BCUT2D eigenvalue weighted by Crippen LogP contribution is -2.44. The first-order valence-corrected chi connectivity index (χ1v) is 10.4. The molecule has 1 aromatic heterocycles. The van der Waals surface area contributed by atoms with E-state index >= 15 is 0 Å². The number of carbonyl (C=O) groups is 2. The highest BCUT2D eigenvalue weighted by molar-refractivity contribution is 5.93. The van der Waals surface area contributed by atoms with Crippen LogP contribution in [0.4, 0.5) is 0 Å². The van der Waals surface area contributed by atoms with Crippen LogP contribution in [-0.4, -0.2) is 64.0 Å². The summed E-state index contributed by atoms with van der Waals surface area (Å²) in [7, 11) is 3.37. The molecule has 0 radical (unpaired) electrons. The third kappa shape index (κ3) is 3.22. The van der Waals surface area contributed by atoms with Crippen molar-refractivity contribution < 1.29 is 19.1 Å². The molecule has 8 heteroatoms. The molecule has 1 aromatic carbocycles. The van der Waals surface area contributed by atoms with Crippen molar-refractivity contribution in [1.29, 1.82) is 0 Å². The molecule has 8 nitrogen and oxygen atoms in total. The Labute approximate surface area is 180 Å². The molecule has 4 atom stereocenters. The van der Waals surface area contributed by atoms with Crippen molar-refractivity contribution in [2.75, 3.05) is 20.7 Å². The summed E-state index contributed by atoms with van der Waals surface area (Å²) < 4.78 is 11.5. The van der Waals surface area contributed by atoms with Gasteiger partial charge in [0.1, 0.15) is 17.2 Å². The molecule has 5 rings (SSSR count). The molecule has 0 saturated carbocycles. The smallest absolute Gasteiger partial charge is 0.230 e. The van der Waals surface area contributed by atoms with Crippen LogP contribution in [-0.2, 0) is 27.4 Å². The number of methoxy groups -OCH3 is 1. The number of nitrogens with zero attached hydrogens (tertiary/aromatic N) is 3. The summed E-state index contributed by atoms with van der Waals surface area (Å²) >= 11 is 0. The van der Waals surface area contributed by atoms with Crippen molar-refractivity contribution in [2.45, 2.75) is 31.7 Å². The maximum absolute atomic E-state index is 13.4. The number of aromatic nitrogens is 2. The number of fused-ring (bicyclic) bond motifs is 1. The minimum absolute atomic E-state index is 0.0322. The molecule has 0 aliphatic carbocycles. The van der Waals surface area contributed by atoms with E-state index in [0.29, 0.717) is 19.6 Å². The van der Waals surface area contributed by atoms with E-state index in [9.17, 15) is 9.59 Å². The number of rotatable bonds is 6. The molecule has 3 aliphatic heterocycles. The molecule has 31 heavy (non-hydrogen) atoms. The van der Waals surface area contributed by atoms with E-state index in [1.54, 1.807) is 30.2 Å². The van der Waals surface area contributed by atoms with Crippen LogP contribution in [0.5, 0.6) is 5.75 Å². The lowest BCUT2D eigenvalue weighted by atomic mass is 9.76. The van der Waals surface area contributed by atoms with E-state index in [-0.39, 0.29) is 17.9 Å². The zero-order chi connectivity index (χ0) is 21.8. The Bertz CT molecular complexity index is 1060. The Kier molecular flexibility index (Phi) is 4.62. The molecule has 4 heterocycles. The average molecular weight is 422 g/mol. The second-order valence-electron chi connectivity index (χ2n) is 8.65. The van der Waals surface area contributed by atoms with Gasteiger partial charge in [-0.05, 0) is 24.6 Å². The van der Waals surface area contributed by atoms with Crippen LogP contribution in [0.3, 0.4) is 0 Å². The second-order valence-corrected chi connectivity index (χ2v) is 8.65. The van der Waals surface area contributed by atoms with E-state index in [0.717, 1.165) is 22.8 Å². The summed E-state index contributed by atoms with van der Waals surface area (Å²) in [5.74, 6) is 0.333. The standard InChI is InChI=1S/C23H26N4O4/c1-14-10-24-18(25-14)12-26(2)21(28)19-17-7-8-23(31-17)13-27(22(29)20(19)23)11-15-5-4-6-16(9-15)30-3/h4-10,17,19-20H,11-13H2,1-3H3,(H,24,25)/t17-,19-,20-,23-/m0/s1. The molecule has 2 amide bonds. The van der Waals surface area contributed by atoms with E-state index in [1.165, 1.54) is 0 Å².